The second-order valence-electron chi connectivity index (χ2n) is 2.42. The minimum Gasteiger partial charge on any atom is -0.461 e. The van der Waals surface area contributed by atoms with E-state index in [9.17, 15) is 13.2 Å². The zero-order valence-corrected chi connectivity index (χ0v) is 7.08. The molecule has 1 aliphatic heterocycles. The van der Waals surface area contributed by atoms with Gasteiger partial charge in [0, 0.05) is 0 Å². The molecule has 0 spiro atoms. The highest BCUT2D eigenvalue weighted by Gasteiger charge is 2.39. The van der Waals surface area contributed by atoms with Crippen molar-refractivity contribution in [3.05, 3.63) is 0 Å². The van der Waals surface area contributed by atoms with E-state index in [1.165, 1.54) is 0 Å². The van der Waals surface area contributed by atoms with Crippen LogP contribution < -0.4 is 0 Å². The van der Waals surface area contributed by atoms with Crippen molar-refractivity contribution in [2.24, 2.45) is 0 Å². The van der Waals surface area contributed by atoms with E-state index in [1.807, 2.05) is 0 Å². The standard InChI is InChI=1S/C5H8O6S/c1-12(8,9)11-4-3(6)2-10-5(4)7/h3-4,6H,2H2,1H3/t3-,4-/m1/s1. The summed E-state index contributed by atoms with van der Waals surface area (Å²) < 4.78 is 29.7. The van der Waals surface area contributed by atoms with Crippen molar-refractivity contribution in [1.82, 2.24) is 0 Å². The average Bonchev–Trinajstić information content (AvgIpc) is 2.16. The molecule has 1 rings (SSSR count). The fraction of sp³-hybridized carbons (Fsp3) is 0.800. The van der Waals surface area contributed by atoms with E-state index >= 15 is 0 Å². The lowest BCUT2D eigenvalue weighted by Crippen LogP contribution is -2.32. The fourth-order valence-corrected chi connectivity index (χ4v) is 1.37. The molecule has 1 heterocycles. The van der Waals surface area contributed by atoms with Gasteiger partial charge in [0.1, 0.15) is 12.7 Å². The average molecular weight is 196 g/mol. The third-order valence-corrected chi connectivity index (χ3v) is 1.81. The van der Waals surface area contributed by atoms with Crippen LogP contribution in [0.3, 0.4) is 0 Å². The summed E-state index contributed by atoms with van der Waals surface area (Å²) in [7, 11) is -3.73. The van der Waals surface area contributed by atoms with Crippen molar-refractivity contribution in [2.45, 2.75) is 12.2 Å². The van der Waals surface area contributed by atoms with E-state index in [0.717, 1.165) is 6.26 Å². The summed E-state index contributed by atoms with van der Waals surface area (Å²) in [6, 6.07) is 0. The maximum atomic E-state index is 10.7. The molecule has 0 amide bonds. The van der Waals surface area contributed by atoms with Gasteiger partial charge in [-0.15, -0.1) is 0 Å². The SMILES string of the molecule is CS(=O)(=O)O[C@H]1C(=O)OC[C@H]1O. The molecule has 6 nitrogen and oxygen atoms in total. The smallest absolute Gasteiger partial charge is 0.339 e. The van der Waals surface area contributed by atoms with Gasteiger partial charge in [-0.1, -0.05) is 0 Å². The lowest BCUT2D eigenvalue weighted by atomic mass is 10.3. The first-order valence-electron chi connectivity index (χ1n) is 3.13. The van der Waals surface area contributed by atoms with Crippen LogP contribution in [0.5, 0.6) is 0 Å². The monoisotopic (exact) mass is 196 g/mol. The number of aliphatic hydroxyl groups is 1. The first kappa shape index (κ1) is 9.43. The summed E-state index contributed by atoms with van der Waals surface area (Å²) >= 11 is 0. The third-order valence-electron chi connectivity index (χ3n) is 1.26. The summed E-state index contributed by atoms with van der Waals surface area (Å²) in [4.78, 5) is 10.7. The van der Waals surface area contributed by atoms with Gasteiger partial charge in [0.15, 0.2) is 0 Å². The first-order chi connectivity index (χ1) is 5.40. The Kier molecular flexibility index (Phi) is 2.36. The summed E-state index contributed by atoms with van der Waals surface area (Å²) in [5.41, 5.74) is 0. The summed E-state index contributed by atoms with van der Waals surface area (Å²) in [6.45, 7) is -0.223. The van der Waals surface area contributed by atoms with E-state index < -0.39 is 28.3 Å². The van der Waals surface area contributed by atoms with E-state index in [2.05, 4.69) is 8.92 Å². The number of cyclic esters (lactones) is 1. The molecule has 12 heavy (non-hydrogen) atoms. The molecule has 0 bridgehead atoms. The molecule has 70 valence electrons. The van der Waals surface area contributed by atoms with Gasteiger partial charge in [-0.3, -0.25) is 4.18 Å². The largest absolute Gasteiger partial charge is 0.461 e. The lowest BCUT2D eigenvalue weighted by molar-refractivity contribution is -0.143. The molecule has 0 radical (unpaired) electrons. The van der Waals surface area contributed by atoms with Gasteiger partial charge in [0.2, 0.25) is 6.10 Å². The van der Waals surface area contributed by atoms with Gasteiger partial charge in [-0.25, -0.2) is 4.79 Å². The molecule has 0 saturated carbocycles. The topological polar surface area (TPSA) is 89.9 Å². The molecule has 1 aliphatic rings. The van der Waals surface area contributed by atoms with Crippen LogP contribution in [0.1, 0.15) is 0 Å². The highest BCUT2D eigenvalue weighted by molar-refractivity contribution is 7.86. The zero-order chi connectivity index (χ0) is 9.35. The molecule has 0 aromatic carbocycles. The number of hydrogen-bond donors (Lipinski definition) is 1. The Hall–Kier alpha value is -0.660. The maximum absolute atomic E-state index is 10.7. The minimum absolute atomic E-state index is 0.223. The van der Waals surface area contributed by atoms with Gasteiger partial charge in [-0.2, -0.15) is 8.42 Å². The molecule has 1 saturated heterocycles. The Balaban J connectivity index is 2.69. The molecule has 0 unspecified atom stereocenters. The van der Waals surface area contributed by atoms with Gasteiger partial charge in [0.05, 0.1) is 6.26 Å². The highest BCUT2D eigenvalue weighted by Crippen LogP contribution is 2.13. The molecular weight excluding hydrogens is 188 g/mol. The number of ether oxygens (including phenoxy) is 1. The van der Waals surface area contributed by atoms with Crippen LogP contribution in [0, 0.1) is 0 Å². The van der Waals surface area contributed by atoms with Crippen LogP contribution >= 0.6 is 0 Å². The predicted octanol–water partition coefficient (Wildman–Crippen LogP) is -1.75. The van der Waals surface area contributed by atoms with E-state index in [1.54, 1.807) is 0 Å². The van der Waals surface area contributed by atoms with E-state index in [0.29, 0.717) is 0 Å². The Morgan fingerprint density at radius 1 is 1.67 bits per heavy atom. The second kappa shape index (κ2) is 3.00. The number of rotatable bonds is 2. The van der Waals surface area contributed by atoms with Crippen molar-refractivity contribution in [2.75, 3.05) is 12.9 Å². The number of esters is 1. The Bertz CT molecular complexity index is 280. The van der Waals surface area contributed by atoms with Crippen molar-refractivity contribution < 1.29 is 27.2 Å². The minimum atomic E-state index is -3.73. The number of carbonyl (C=O) groups excluding carboxylic acids is 1. The maximum Gasteiger partial charge on any atom is 0.339 e. The normalized spacial score (nSPS) is 30.3. The second-order valence-corrected chi connectivity index (χ2v) is 4.02. The Morgan fingerprint density at radius 2 is 2.25 bits per heavy atom. The quantitative estimate of drug-likeness (QED) is 0.416. The highest BCUT2D eigenvalue weighted by atomic mass is 32.2. The molecule has 1 N–H and O–H groups in total. The first-order valence-corrected chi connectivity index (χ1v) is 4.95. The van der Waals surface area contributed by atoms with Gasteiger partial charge < -0.3 is 9.84 Å². The van der Waals surface area contributed by atoms with Crippen molar-refractivity contribution in [3.63, 3.8) is 0 Å². The van der Waals surface area contributed by atoms with Crippen molar-refractivity contribution >= 4 is 16.1 Å². The van der Waals surface area contributed by atoms with Crippen LogP contribution in [-0.2, 0) is 23.8 Å². The van der Waals surface area contributed by atoms with Gasteiger partial charge in [-0.05, 0) is 0 Å². The Labute approximate surface area is 69.2 Å². The van der Waals surface area contributed by atoms with Crippen LogP contribution in [0.25, 0.3) is 0 Å². The molecule has 0 aliphatic carbocycles. The molecule has 7 heteroatoms. The van der Waals surface area contributed by atoms with Crippen LogP contribution in [0.2, 0.25) is 0 Å². The van der Waals surface area contributed by atoms with Gasteiger partial charge >= 0.3 is 5.97 Å². The fourth-order valence-electron chi connectivity index (χ4n) is 0.786. The molecule has 1 fully saturated rings. The summed E-state index contributed by atoms with van der Waals surface area (Å²) in [5.74, 6) is -0.854. The summed E-state index contributed by atoms with van der Waals surface area (Å²) in [5, 5.41) is 8.99. The van der Waals surface area contributed by atoms with E-state index in [-0.39, 0.29) is 6.61 Å². The number of carbonyl (C=O) groups is 1. The van der Waals surface area contributed by atoms with Crippen LogP contribution in [0.4, 0.5) is 0 Å². The zero-order valence-electron chi connectivity index (χ0n) is 6.26. The molecule has 0 aromatic heterocycles. The molecular formula is C5H8O6S. The third kappa shape index (κ3) is 2.16. The van der Waals surface area contributed by atoms with Crippen molar-refractivity contribution in [1.29, 1.82) is 0 Å². The van der Waals surface area contributed by atoms with E-state index in [4.69, 9.17) is 5.11 Å². The summed E-state index contributed by atoms with van der Waals surface area (Å²) in [6.07, 6.45) is -1.81. The number of hydrogen-bond acceptors (Lipinski definition) is 6. The molecule has 2 atom stereocenters. The van der Waals surface area contributed by atoms with Crippen LogP contribution in [0.15, 0.2) is 0 Å². The molecule has 0 aromatic rings. The van der Waals surface area contributed by atoms with Crippen LogP contribution in [-0.4, -0.2) is 44.6 Å². The predicted molar refractivity (Wildman–Crippen MR) is 36.7 cm³/mol. The van der Waals surface area contributed by atoms with Gasteiger partial charge in [0.25, 0.3) is 10.1 Å². The van der Waals surface area contributed by atoms with Crippen molar-refractivity contribution in [3.8, 4) is 0 Å². The lowest BCUT2D eigenvalue weighted by Gasteiger charge is -2.07. The number of aliphatic hydroxyl groups excluding tert-OH is 1. The Morgan fingerprint density at radius 3 is 2.58 bits per heavy atom.